The number of carbonyl (C=O) groups is 1. The summed E-state index contributed by atoms with van der Waals surface area (Å²) in [6.07, 6.45) is 1.70. The zero-order valence-electron chi connectivity index (χ0n) is 10.4. The van der Waals surface area contributed by atoms with E-state index in [4.69, 9.17) is 15.2 Å². The maximum Gasteiger partial charge on any atom is 0.338 e. The summed E-state index contributed by atoms with van der Waals surface area (Å²) in [5.74, 6) is 0.200. The summed E-state index contributed by atoms with van der Waals surface area (Å²) in [7, 11) is 0. The van der Waals surface area contributed by atoms with Crippen molar-refractivity contribution in [2.24, 2.45) is 0 Å². The zero-order valence-corrected chi connectivity index (χ0v) is 10.4. The molecule has 0 radical (unpaired) electrons. The van der Waals surface area contributed by atoms with E-state index in [1.807, 2.05) is 13.8 Å². The number of anilines is 1. The number of nitrogen functional groups attached to an aromatic ring is 1. The fraction of sp³-hybridized carbons (Fsp3) is 0.462. The molecule has 1 rings (SSSR count). The Morgan fingerprint density at radius 3 is 2.59 bits per heavy atom. The maximum absolute atomic E-state index is 11.6. The Hall–Kier alpha value is -1.71. The minimum absolute atomic E-state index is 0.340. The maximum atomic E-state index is 11.6. The van der Waals surface area contributed by atoms with E-state index in [9.17, 15) is 4.79 Å². The number of benzene rings is 1. The van der Waals surface area contributed by atoms with Crippen LogP contribution in [0.4, 0.5) is 5.69 Å². The van der Waals surface area contributed by atoms with E-state index in [-0.39, 0.29) is 5.97 Å². The number of carbonyl (C=O) groups excluding carboxylic acids is 1. The summed E-state index contributed by atoms with van der Waals surface area (Å²) in [5, 5.41) is 0. The molecule has 0 aliphatic rings. The Balaban J connectivity index is 2.76. The Kier molecular flexibility index (Phi) is 5.33. The fourth-order valence-corrected chi connectivity index (χ4v) is 1.28. The highest BCUT2D eigenvalue weighted by atomic mass is 16.5. The lowest BCUT2D eigenvalue weighted by molar-refractivity contribution is 0.0504. The van der Waals surface area contributed by atoms with Gasteiger partial charge in [-0.1, -0.05) is 13.8 Å². The van der Waals surface area contributed by atoms with Crippen LogP contribution in [0.2, 0.25) is 0 Å². The quantitative estimate of drug-likeness (QED) is 0.610. The molecule has 0 atom stereocenters. The average Bonchev–Trinajstić information content (AvgIpc) is 2.35. The van der Waals surface area contributed by atoms with Crippen LogP contribution in [0.25, 0.3) is 0 Å². The third kappa shape index (κ3) is 3.98. The molecule has 0 spiro atoms. The molecule has 17 heavy (non-hydrogen) atoms. The summed E-state index contributed by atoms with van der Waals surface area (Å²) in [4.78, 5) is 11.6. The molecule has 0 aromatic heterocycles. The zero-order chi connectivity index (χ0) is 12.7. The molecule has 0 unspecified atom stereocenters. The molecule has 4 nitrogen and oxygen atoms in total. The van der Waals surface area contributed by atoms with Crippen molar-refractivity contribution >= 4 is 11.7 Å². The summed E-state index contributed by atoms with van der Waals surface area (Å²) >= 11 is 0. The normalized spacial score (nSPS) is 10.0. The van der Waals surface area contributed by atoms with Crippen LogP contribution in [0, 0.1) is 0 Å². The van der Waals surface area contributed by atoms with Crippen LogP contribution in [-0.2, 0) is 4.74 Å². The molecule has 4 heteroatoms. The second-order valence-corrected chi connectivity index (χ2v) is 3.74. The summed E-state index contributed by atoms with van der Waals surface area (Å²) < 4.78 is 10.5. The van der Waals surface area contributed by atoms with Crippen LogP contribution in [0.3, 0.4) is 0 Å². The van der Waals surface area contributed by atoms with Crippen molar-refractivity contribution in [1.29, 1.82) is 0 Å². The molecule has 1 aromatic carbocycles. The van der Waals surface area contributed by atoms with E-state index in [2.05, 4.69) is 0 Å². The second-order valence-electron chi connectivity index (χ2n) is 3.74. The van der Waals surface area contributed by atoms with Crippen LogP contribution in [0.1, 0.15) is 37.0 Å². The molecule has 2 N–H and O–H groups in total. The van der Waals surface area contributed by atoms with E-state index >= 15 is 0 Å². The van der Waals surface area contributed by atoms with Gasteiger partial charge in [0.05, 0.1) is 24.5 Å². The van der Waals surface area contributed by atoms with E-state index < -0.39 is 0 Å². The second kappa shape index (κ2) is 6.78. The summed E-state index contributed by atoms with van der Waals surface area (Å²) in [5.41, 5.74) is 6.76. The number of rotatable bonds is 6. The van der Waals surface area contributed by atoms with Gasteiger partial charge in [0.2, 0.25) is 0 Å². The minimum Gasteiger partial charge on any atom is -0.491 e. The molecule has 0 fully saturated rings. The average molecular weight is 237 g/mol. The standard InChI is InChI=1S/C13H19NO3/c1-3-7-16-12-9-10(5-6-11(12)14)13(15)17-8-4-2/h5-6,9H,3-4,7-8,14H2,1-2H3. The number of hydrogen-bond donors (Lipinski definition) is 1. The van der Waals surface area contributed by atoms with Crippen LogP contribution in [-0.4, -0.2) is 19.2 Å². The lowest BCUT2D eigenvalue weighted by Crippen LogP contribution is -2.07. The molecular weight excluding hydrogens is 218 g/mol. The van der Waals surface area contributed by atoms with Gasteiger partial charge in [-0.15, -0.1) is 0 Å². The topological polar surface area (TPSA) is 61.5 Å². The number of ether oxygens (including phenoxy) is 2. The molecule has 94 valence electrons. The highest BCUT2D eigenvalue weighted by Gasteiger charge is 2.10. The monoisotopic (exact) mass is 237 g/mol. The molecule has 0 aliphatic heterocycles. The molecular formula is C13H19NO3. The Bertz CT molecular complexity index is 377. The van der Waals surface area contributed by atoms with Crippen LogP contribution < -0.4 is 10.5 Å². The van der Waals surface area contributed by atoms with E-state index in [1.165, 1.54) is 0 Å². The Morgan fingerprint density at radius 1 is 1.24 bits per heavy atom. The van der Waals surface area contributed by atoms with Crippen molar-refractivity contribution in [1.82, 2.24) is 0 Å². The summed E-state index contributed by atoms with van der Waals surface area (Å²) in [6.45, 7) is 4.97. The molecule has 0 saturated heterocycles. The predicted octanol–water partition coefficient (Wildman–Crippen LogP) is 2.62. The van der Waals surface area contributed by atoms with Gasteiger partial charge in [-0.3, -0.25) is 0 Å². The Labute approximate surface area is 102 Å². The van der Waals surface area contributed by atoms with E-state index in [0.29, 0.717) is 30.2 Å². The Morgan fingerprint density at radius 2 is 1.94 bits per heavy atom. The van der Waals surface area contributed by atoms with Gasteiger partial charge >= 0.3 is 5.97 Å². The van der Waals surface area contributed by atoms with Gasteiger partial charge in [-0.25, -0.2) is 4.79 Å². The van der Waals surface area contributed by atoms with Crippen LogP contribution in [0.5, 0.6) is 5.75 Å². The molecule has 1 aromatic rings. The van der Waals surface area contributed by atoms with Gasteiger partial charge in [-0.2, -0.15) is 0 Å². The highest BCUT2D eigenvalue weighted by molar-refractivity contribution is 5.90. The van der Waals surface area contributed by atoms with Crippen molar-refractivity contribution in [3.05, 3.63) is 23.8 Å². The van der Waals surface area contributed by atoms with Crippen molar-refractivity contribution < 1.29 is 14.3 Å². The van der Waals surface area contributed by atoms with Crippen molar-refractivity contribution in [3.8, 4) is 5.75 Å². The number of hydrogen-bond acceptors (Lipinski definition) is 4. The number of nitrogens with two attached hydrogens (primary N) is 1. The van der Waals surface area contributed by atoms with E-state index in [1.54, 1.807) is 18.2 Å². The van der Waals surface area contributed by atoms with Crippen LogP contribution >= 0.6 is 0 Å². The van der Waals surface area contributed by atoms with Crippen LogP contribution in [0.15, 0.2) is 18.2 Å². The first-order valence-corrected chi connectivity index (χ1v) is 5.88. The lowest BCUT2D eigenvalue weighted by Gasteiger charge is -2.09. The first-order chi connectivity index (χ1) is 8.19. The summed E-state index contributed by atoms with van der Waals surface area (Å²) in [6, 6.07) is 4.93. The molecule has 0 aliphatic carbocycles. The fourth-order valence-electron chi connectivity index (χ4n) is 1.28. The largest absolute Gasteiger partial charge is 0.491 e. The minimum atomic E-state index is -0.340. The van der Waals surface area contributed by atoms with Gasteiger partial charge < -0.3 is 15.2 Å². The first kappa shape index (κ1) is 13.4. The van der Waals surface area contributed by atoms with Gasteiger partial charge in [0.25, 0.3) is 0 Å². The molecule has 0 amide bonds. The highest BCUT2D eigenvalue weighted by Crippen LogP contribution is 2.23. The van der Waals surface area contributed by atoms with Gasteiger partial charge in [0.1, 0.15) is 5.75 Å². The van der Waals surface area contributed by atoms with Crippen molar-refractivity contribution in [3.63, 3.8) is 0 Å². The smallest absolute Gasteiger partial charge is 0.338 e. The predicted molar refractivity (Wildman–Crippen MR) is 67.2 cm³/mol. The van der Waals surface area contributed by atoms with Gasteiger partial charge in [0, 0.05) is 0 Å². The third-order valence-electron chi connectivity index (χ3n) is 2.15. The number of esters is 1. The SMILES string of the molecule is CCCOC(=O)c1ccc(N)c(OCCC)c1. The van der Waals surface area contributed by atoms with Crippen molar-refractivity contribution in [2.75, 3.05) is 18.9 Å². The van der Waals surface area contributed by atoms with Gasteiger partial charge in [-0.05, 0) is 31.0 Å². The molecule has 0 bridgehead atoms. The first-order valence-electron chi connectivity index (χ1n) is 5.88. The molecule has 0 heterocycles. The van der Waals surface area contributed by atoms with Gasteiger partial charge in [0.15, 0.2) is 0 Å². The molecule has 0 saturated carbocycles. The third-order valence-corrected chi connectivity index (χ3v) is 2.15. The van der Waals surface area contributed by atoms with Crippen molar-refractivity contribution in [2.45, 2.75) is 26.7 Å². The lowest BCUT2D eigenvalue weighted by atomic mass is 10.2. The van der Waals surface area contributed by atoms with E-state index in [0.717, 1.165) is 12.8 Å².